The molecule has 17 aromatic carbocycles. The van der Waals surface area contributed by atoms with Crippen molar-refractivity contribution >= 4 is 131 Å². The smallest absolute Gasteiger partial charge is 0.238 e. The summed E-state index contributed by atoms with van der Waals surface area (Å²) in [5.41, 5.74) is 22.6. The second-order valence-corrected chi connectivity index (χ2v) is 32.2. The van der Waals surface area contributed by atoms with Crippen molar-refractivity contribution in [2.24, 2.45) is 0 Å². The van der Waals surface area contributed by atoms with E-state index in [2.05, 4.69) is 251 Å². The van der Waals surface area contributed by atoms with Gasteiger partial charge in [-0.15, -0.1) is 0 Å². The first-order valence-corrected chi connectivity index (χ1v) is 43.0. The molecule has 26 aromatic rings. The Bertz CT molecular complexity index is 9000. The molecule has 0 N–H and O–H groups in total. The average Bonchev–Trinajstić information content (AvgIpc) is 1.59. The summed E-state index contributed by atoms with van der Waals surface area (Å²) in [7, 11) is 0. The summed E-state index contributed by atoms with van der Waals surface area (Å²) in [5.74, 6) is 5.04. The molecule has 131 heavy (non-hydrogen) atoms. The Morgan fingerprint density at radius 1 is 0.198 bits per heavy atom. The maximum atomic E-state index is 9.72. The number of rotatable bonds is 11. The number of fused-ring (bicyclic) bond motifs is 18. The van der Waals surface area contributed by atoms with E-state index in [1.54, 1.807) is 6.07 Å². The summed E-state index contributed by atoms with van der Waals surface area (Å²) in [4.78, 5) is 45.3. The zero-order valence-corrected chi connectivity index (χ0v) is 70.0. The third-order valence-electron chi connectivity index (χ3n) is 24.4. The lowest BCUT2D eigenvalue weighted by molar-refractivity contribution is 0.668. The van der Waals surface area contributed by atoms with Gasteiger partial charge in [0.2, 0.25) is 17.8 Å². The Morgan fingerprint density at radius 2 is 0.466 bits per heavy atom. The fourth-order valence-electron chi connectivity index (χ4n) is 18.2. The maximum absolute atomic E-state index is 9.72. The van der Waals surface area contributed by atoms with Crippen LogP contribution in [0.1, 0.15) is 16.7 Å². The highest BCUT2D eigenvalue weighted by atomic mass is 16.3. The number of hydrogen-bond acceptors (Lipinski definition) is 14. The Hall–Kier alpha value is -18.5. The molecule has 0 fully saturated rings. The zero-order chi connectivity index (χ0) is 87.2. The second kappa shape index (κ2) is 31.6. The van der Waals surface area contributed by atoms with Crippen LogP contribution in [0.3, 0.4) is 0 Å². The lowest BCUT2D eigenvalue weighted by Crippen LogP contribution is -2.06. The van der Waals surface area contributed by atoms with Gasteiger partial charge in [0.1, 0.15) is 33.5 Å². The van der Waals surface area contributed by atoms with E-state index < -0.39 is 0 Å². The van der Waals surface area contributed by atoms with E-state index in [4.69, 9.17) is 58.1 Å². The molecule has 612 valence electrons. The molecule has 0 saturated heterocycles. The van der Waals surface area contributed by atoms with Crippen molar-refractivity contribution in [3.8, 4) is 121 Å². The molecule has 17 nitrogen and oxygen atoms in total. The van der Waals surface area contributed by atoms with Gasteiger partial charge < -0.3 is 13.3 Å². The Labute approximate surface area is 747 Å². The molecule has 0 aliphatic heterocycles. The standard InChI is InChI=1S/C40H23N5O.C40H26N4O.C34H19N5O/c41-24-29-11-8-16-35-37(29)32-22-21-28(23-36(32)46-35)39-42-38(27-19-17-26(18-20-27)25-9-2-1-3-10-25)43-40(44-39)45-33-14-6-4-12-30(33)31-13-5-7-15-34(31)45;1-25-15-22-36-33(23-25)32-21-20-29(24-37(32)45-36)39-41-38(28-18-16-27(17-19-28)26-9-3-2-4-10-26)42-40(43-39)44-34-13-7-5-11-30(34)31-12-6-8-14-35(31)44;35-20-23-11-8-16-29-31(23)26-18-17-22(19-30(26)40-29)33-36-32(21-9-2-1-3-10-21)37-34(38-33)39-27-14-6-4-12-24(27)25-13-5-7-15-28(25)39/h1-23H;2-24H,1H3;1-19H. The highest BCUT2D eigenvalue weighted by Gasteiger charge is 2.25. The molecule has 0 amide bonds. The second-order valence-electron chi connectivity index (χ2n) is 32.2. The first-order valence-electron chi connectivity index (χ1n) is 43.0. The van der Waals surface area contributed by atoms with Crippen molar-refractivity contribution in [3.05, 3.63) is 411 Å². The lowest BCUT2D eigenvalue weighted by Gasteiger charge is -2.11. The molecule has 0 aliphatic carbocycles. The van der Waals surface area contributed by atoms with Crippen LogP contribution in [0.4, 0.5) is 0 Å². The van der Waals surface area contributed by atoms with E-state index in [9.17, 15) is 10.5 Å². The van der Waals surface area contributed by atoms with Gasteiger partial charge in [0, 0.05) is 98.0 Å². The van der Waals surface area contributed by atoms with Gasteiger partial charge in [0.15, 0.2) is 34.9 Å². The molecular formula is C114H68N14O3. The fraction of sp³-hybridized carbons (Fsp3) is 0.00877. The molecule has 9 aromatic heterocycles. The number of hydrogen-bond donors (Lipinski definition) is 0. The predicted octanol–water partition coefficient (Wildman–Crippen LogP) is 28.0. The van der Waals surface area contributed by atoms with Gasteiger partial charge in [0.05, 0.1) is 56.4 Å². The number of aryl methyl sites for hydroxylation is 1. The molecule has 0 unspecified atom stereocenters. The van der Waals surface area contributed by atoms with Crippen molar-refractivity contribution in [1.82, 2.24) is 58.6 Å². The van der Waals surface area contributed by atoms with Crippen molar-refractivity contribution in [2.75, 3.05) is 0 Å². The summed E-state index contributed by atoms with van der Waals surface area (Å²) in [5, 5.41) is 31.8. The predicted molar refractivity (Wildman–Crippen MR) is 522 cm³/mol. The quantitative estimate of drug-likeness (QED) is 0.118. The molecular weight excluding hydrogens is 1610 g/mol. The minimum absolute atomic E-state index is 0.525. The summed E-state index contributed by atoms with van der Waals surface area (Å²) < 4.78 is 25.0. The van der Waals surface area contributed by atoms with Crippen molar-refractivity contribution < 1.29 is 13.3 Å². The Morgan fingerprint density at radius 3 is 0.809 bits per heavy atom. The maximum Gasteiger partial charge on any atom is 0.238 e. The van der Waals surface area contributed by atoms with Gasteiger partial charge in [-0.3, -0.25) is 13.7 Å². The van der Waals surface area contributed by atoms with Gasteiger partial charge in [-0.25, -0.2) is 15.0 Å². The third kappa shape index (κ3) is 13.4. The van der Waals surface area contributed by atoms with Gasteiger partial charge in [0.25, 0.3) is 0 Å². The third-order valence-corrected chi connectivity index (χ3v) is 24.4. The van der Waals surface area contributed by atoms with Gasteiger partial charge >= 0.3 is 0 Å². The van der Waals surface area contributed by atoms with Crippen molar-refractivity contribution in [3.63, 3.8) is 0 Å². The number of aromatic nitrogens is 12. The average molecular weight is 1680 g/mol. The molecule has 17 heteroatoms. The van der Waals surface area contributed by atoms with Gasteiger partial charge in [-0.1, -0.05) is 291 Å². The first kappa shape index (κ1) is 76.2. The van der Waals surface area contributed by atoms with Gasteiger partial charge in [-0.2, -0.15) is 40.4 Å². The molecule has 9 heterocycles. The topological polar surface area (TPSA) is 218 Å². The molecule has 0 aliphatic rings. The van der Waals surface area contributed by atoms with Crippen LogP contribution in [0.5, 0.6) is 0 Å². The van der Waals surface area contributed by atoms with Crippen LogP contribution < -0.4 is 0 Å². The lowest BCUT2D eigenvalue weighted by atomic mass is 10.0. The van der Waals surface area contributed by atoms with Crippen LogP contribution in [0.15, 0.2) is 408 Å². The fourth-order valence-corrected chi connectivity index (χ4v) is 18.2. The normalized spacial score (nSPS) is 11.5. The first-order chi connectivity index (χ1) is 64.7. The number of nitrogens with zero attached hydrogens (tertiary/aromatic N) is 14. The molecule has 0 spiro atoms. The highest BCUT2D eigenvalue weighted by Crippen LogP contribution is 2.42. The van der Waals surface area contributed by atoms with E-state index >= 15 is 0 Å². The van der Waals surface area contributed by atoms with Crippen LogP contribution in [0.2, 0.25) is 0 Å². The molecule has 0 bridgehead atoms. The minimum atomic E-state index is 0.525. The molecule has 26 rings (SSSR count). The monoisotopic (exact) mass is 1680 g/mol. The summed E-state index contributed by atoms with van der Waals surface area (Å²) >= 11 is 0. The van der Waals surface area contributed by atoms with E-state index in [1.165, 1.54) is 11.1 Å². The van der Waals surface area contributed by atoms with E-state index in [0.29, 0.717) is 86.3 Å². The highest BCUT2D eigenvalue weighted by molar-refractivity contribution is 6.14. The molecule has 0 radical (unpaired) electrons. The summed E-state index contributed by atoms with van der Waals surface area (Å²) in [6, 6.07) is 137. The van der Waals surface area contributed by atoms with Crippen LogP contribution in [0.25, 0.3) is 240 Å². The molecule has 0 atom stereocenters. The van der Waals surface area contributed by atoms with Gasteiger partial charge in [-0.05, 0) is 138 Å². The SMILES string of the molecule is Cc1ccc2oc3cc(-c4nc(-c5ccc(-c6ccccc6)cc5)nc(-n5c6ccccc6c6ccccc65)n4)ccc3c2c1.N#Cc1cccc2oc3cc(-c4nc(-c5ccc(-c6ccccc6)cc5)nc(-n5c6ccccc6c6ccccc65)n4)ccc3c12.N#Cc1cccc2oc3cc(-c4nc(-c5ccccc5)nc(-n5c6ccccc6c6ccccc65)n4)ccc3c12. The van der Waals surface area contributed by atoms with Crippen LogP contribution >= 0.6 is 0 Å². The Kier molecular flexibility index (Phi) is 18.4. The largest absolute Gasteiger partial charge is 0.456 e. The number of benzene rings is 17. The van der Waals surface area contributed by atoms with E-state index in [-0.39, 0.29) is 0 Å². The summed E-state index contributed by atoms with van der Waals surface area (Å²) in [6.07, 6.45) is 0. The van der Waals surface area contributed by atoms with Crippen LogP contribution in [0, 0.1) is 29.6 Å². The van der Waals surface area contributed by atoms with Crippen LogP contribution in [-0.4, -0.2) is 58.6 Å². The minimum Gasteiger partial charge on any atom is -0.456 e. The van der Waals surface area contributed by atoms with Crippen molar-refractivity contribution in [1.29, 1.82) is 10.5 Å². The zero-order valence-electron chi connectivity index (χ0n) is 70.0. The summed E-state index contributed by atoms with van der Waals surface area (Å²) in [6.45, 7) is 2.10. The number of nitriles is 2. The molecule has 0 saturated carbocycles. The Balaban J connectivity index is 0.000000109. The number of para-hydroxylation sites is 6. The van der Waals surface area contributed by atoms with E-state index in [1.807, 2.05) is 170 Å². The number of furan rings is 3. The van der Waals surface area contributed by atoms with Crippen LogP contribution in [-0.2, 0) is 0 Å². The van der Waals surface area contributed by atoms with E-state index in [0.717, 1.165) is 159 Å². The van der Waals surface area contributed by atoms with Crippen molar-refractivity contribution in [2.45, 2.75) is 6.92 Å².